The van der Waals surface area contributed by atoms with Crippen molar-refractivity contribution >= 4 is 23.2 Å². The molecule has 8 heteroatoms. The van der Waals surface area contributed by atoms with E-state index in [4.69, 9.17) is 4.74 Å². The first kappa shape index (κ1) is 20.2. The van der Waals surface area contributed by atoms with Gasteiger partial charge in [0.15, 0.2) is 0 Å². The van der Waals surface area contributed by atoms with Crippen LogP contribution in [-0.4, -0.2) is 86.3 Å². The number of amides is 1. The highest BCUT2D eigenvalue weighted by molar-refractivity contribution is 5.96. The highest BCUT2D eigenvalue weighted by Crippen LogP contribution is 2.27. The first-order valence-electron chi connectivity index (χ1n) is 11.3. The number of nitrogens with zero attached hydrogens (tertiary/aromatic N) is 6. The molecule has 0 N–H and O–H groups in total. The zero-order valence-corrected chi connectivity index (χ0v) is 17.9. The van der Waals surface area contributed by atoms with E-state index >= 15 is 0 Å². The molecule has 0 spiro atoms. The number of carbonyl (C=O) groups is 1. The van der Waals surface area contributed by atoms with Crippen molar-refractivity contribution in [1.29, 1.82) is 0 Å². The Kier molecular flexibility index (Phi) is 5.99. The molecule has 2 aromatic rings. The minimum atomic E-state index is 0.206. The molecule has 0 aliphatic carbocycles. The van der Waals surface area contributed by atoms with Crippen LogP contribution in [0, 0.1) is 0 Å². The third-order valence-corrected chi connectivity index (χ3v) is 6.44. The molecule has 8 nitrogen and oxygen atoms in total. The van der Waals surface area contributed by atoms with Gasteiger partial charge in [-0.25, -0.2) is 9.97 Å². The number of aromatic nitrogens is 2. The molecule has 1 amide bonds. The first-order valence-corrected chi connectivity index (χ1v) is 11.3. The molecule has 3 aliphatic rings. The van der Waals surface area contributed by atoms with Crippen LogP contribution in [0.4, 0.5) is 17.3 Å². The molecule has 2 fully saturated rings. The van der Waals surface area contributed by atoms with Crippen molar-refractivity contribution < 1.29 is 9.53 Å². The molecule has 0 atom stereocenters. The Bertz CT molecular complexity index is 908. The Balaban J connectivity index is 1.17. The van der Waals surface area contributed by atoms with E-state index in [9.17, 15) is 4.79 Å². The highest BCUT2D eigenvalue weighted by atomic mass is 16.5. The average molecular weight is 423 g/mol. The van der Waals surface area contributed by atoms with Crippen molar-refractivity contribution in [3.63, 3.8) is 0 Å². The van der Waals surface area contributed by atoms with E-state index in [1.165, 1.54) is 5.56 Å². The number of rotatable bonds is 4. The zero-order chi connectivity index (χ0) is 21.0. The summed E-state index contributed by atoms with van der Waals surface area (Å²) >= 11 is 0. The van der Waals surface area contributed by atoms with Crippen LogP contribution in [0.2, 0.25) is 0 Å². The lowest BCUT2D eigenvalue weighted by atomic mass is 10.0. The molecule has 0 radical (unpaired) electrons. The number of hydrogen-bond acceptors (Lipinski definition) is 7. The van der Waals surface area contributed by atoms with E-state index in [0.717, 1.165) is 89.2 Å². The van der Waals surface area contributed by atoms with E-state index in [1.54, 1.807) is 6.33 Å². The Morgan fingerprint density at radius 2 is 1.61 bits per heavy atom. The van der Waals surface area contributed by atoms with Crippen LogP contribution in [0.5, 0.6) is 0 Å². The molecule has 1 aromatic carbocycles. The number of carbonyl (C=O) groups excluding carboxylic acids is 1. The van der Waals surface area contributed by atoms with Crippen LogP contribution in [0.1, 0.15) is 12.0 Å². The van der Waals surface area contributed by atoms with Gasteiger partial charge in [0.2, 0.25) is 5.91 Å². The van der Waals surface area contributed by atoms with Crippen LogP contribution in [0.15, 0.2) is 36.7 Å². The van der Waals surface area contributed by atoms with Gasteiger partial charge in [-0.2, -0.15) is 0 Å². The number of aryl methyl sites for hydroxylation is 1. The van der Waals surface area contributed by atoms with Crippen LogP contribution in [0.25, 0.3) is 0 Å². The van der Waals surface area contributed by atoms with Gasteiger partial charge in [-0.3, -0.25) is 9.69 Å². The van der Waals surface area contributed by atoms with Crippen molar-refractivity contribution in [3.05, 3.63) is 42.2 Å². The Morgan fingerprint density at radius 1 is 0.903 bits per heavy atom. The van der Waals surface area contributed by atoms with E-state index in [-0.39, 0.29) is 5.91 Å². The summed E-state index contributed by atoms with van der Waals surface area (Å²) in [4.78, 5) is 30.8. The van der Waals surface area contributed by atoms with Gasteiger partial charge in [-0.1, -0.05) is 18.2 Å². The summed E-state index contributed by atoms with van der Waals surface area (Å²) in [7, 11) is 0. The minimum absolute atomic E-state index is 0.206. The number of para-hydroxylation sites is 1. The summed E-state index contributed by atoms with van der Waals surface area (Å²) in [5, 5.41) is 0. The Hall–Kier alpha value is -2.71. The van der Waals surface area contributed by atoms with Gasteiger partial charge in [0, 0.05) is 57.6 Å². The van der Waals surface area contributed by atoms with Crippen LogP contribution < -0.4 is 14.7 Å². The number of piperazine rings is 1. The molecule has 0 unspecified atom stereocenters. The third kappa shape index (κ3) is 4.50. The smallest absolute Gasteiger partial charge is 0.241 e. The molecule has 3 aliphatic heterocycles. The summed E-state index contributed by atoms with van der Waals surface area (Å²) in [6.07, 6.45) is 3.75. The Morgan fingerprint density at radius 3 is 2.39 bits per heavy atom. The first-order chi connectivity index (χ1) is 15.3. The van der Waals surface area contributed by atoms with Gasteiger partial charge < -0.3 is 19.4 Å². The maximum atomic E-state index is 13.0. The molecular weight excluding hydrogens is 392 g/mol. The zero-order valence-electron chi connectivity index (χ0n) is 17.9. The lowest BCUT2D eigenvalue weighted by molar-refractivity contribution is -0.119. The predicted octanol–water partition coefficient (Wildman–Crippen LogP) is 1.41. The van der Waals surface area contributed by atoms with Crippen LogP contribution >= 0.6 is 0 Å². The van der Waals surface area contributed by atoms with Crippen molar-refractivity contribution in [2.24, 2.45) is 0 Å². The Labute approximate surface area is 183 Å². The molecule has 5 rings (SSSR count). The van der Waals surface area contributed by atoms with E-state index < -0.39 is 0 Å². The summed E-state index contributed by atoms with van der Waals surface area (Å²) in [5.41, 5.74) is 2.38. The van der Waals surface area contributed by atoms with Crippen LogP contribution in [0.3, 0.4) is 0 Å². The van der Waals surface area contributed by atoms with Gasteiger partial charge in [0.1, 0.15) is 18.0 Å². The van der Waals surface area contributed by atoms with Crippen molar-refractivity contribution in [2.75, 3.05) is 80.3 Å². The fraction of sp³-hybridized carbons (Fsp3) is 0.522. The number of morpholine rings is 1. The van der Waals surface area contributed by atoms with Crippen LogP contribution in [-0.2, 0) is 16.0 Å². The van der Waals surface area contributed by atoms with Gasteiger partial charge in [0.25, 0.3) is 0 Å². The second-order valence-electron chi connectivity index (χ2n) is 8.37. The second-order valence-corrected chi connectivity index (χ2v) is 8.37. The summed E-state index contributed by atoms with van der Waals surface area (Å²) in [6, 6.07) is 10.4. The van der Waals surface area contributed by atoms with Gasteiger partial charge >= 0.3 is 0 Å². The molecular formula is C23H30N6O2. The standard InChI is InChI=1S/C23H30N6O2/c30-23(29-7-3-5-19-4-1-2-6-20(19)29)17-26-8-10-27(11-9-26)21-16-22(25-18-24-21)28-12-14-31-15-13-28/h1-2,4,6,16,18H,3,5,7-15,17H2. The summed E-state index contributed by atoms with van der Waals surface area (Å²) in [5.74, 6) is 2.14. The highest BCUT2D eigenvalue weighted by Gasteiger charge is 2.26. The third-order valence-electron chi connectivity index (χ3n) is 6.44. The van der Waals surface area contributed by atoms with Crippen molar-refractivity contribution in [3.8, 4) is 0 Å². The largest absolute Gasteiger partial charge is 0.378 e. The SMILES string of the molecule is O=C(CN1CCN(c2cc(N3CCOCC3)ncn2)CC1)N1CCCc2ccccc21. The van der Waals surface area contributed by atoms with E-state index in [1.807, 2.05) is 11.0 Å². The number of fused-ring (bicyclic) bond motifs is 1. The summed E-state index contributed by atoms with van der Waals surface area (Å²) in [6.45, 7) is 7.97. The van der Waals surface area contributed by atoms with Gasteiger partial charge in [-0.15, -0.1) is 0 Å². The summed E-state index contributed by atoms with van der Waals surface area (Å²) < 4.78 is 5.44. The van der Waals surface area contributed by atoms with Crippen molar-refractivity contribution in [1.82, 2.24) is 14.9 Å². The predicted molar refractivity (Wildman–Crippen MR) is 121 cm³/mol. The molecule has 2 saturated heterocycles. The normalized spacial score (nSPS) is 19.9. The molecule has 4 heterocycles. The molecule has 0 bridgehead atoms. The number of anilines is 3. The fourth-order valence-electron chi connectivity index (χ4n) is 4.68. The van der Waals surface area contributed by atoms with E-state index in [0.29, 0.717) is 6.54 Å². The second kappa shape index (κ2) is 9.20. The van der Waals surface area contributed by atoms with Crippen molar-refractivity contribution in [2.45, 2.75) is 12.8 Å². The van der Waals surface area contributed by atoms with Gasteiger partial charge in [0.05, 0.1) is 19.8 Å². The lowest BCUT2D eigenvalue weighted by Gasteiger charge is -2.37. The number of benzene rings is 1. The maximum absolute atomic E-state index is 13.0. The molecule has 1 aromatic heterocycles. The monoisotopic (exact) mass is 422 g/mol. The topological polar surface area (TPSA) is 65.0 Å². The average Bonchev–Trinajstić information content (AvgIpc) is 2.85. The lowest BCUT2D eigenvalue weighted by Crippen LogP contribution is -2.51. The maximum Gasteiger partial charge on any atom is 0.241 e. The van der Waals surface area contributed by atoms with Gasteiger partial charge in [-0.05, 0) is 24.5 Å². The quantitative estimate of drug-likeness (QED) is 0.738. The van der Waals surface area contributed by atoms with E-state index in [2.05, 4.69) is 48.9 Å². The molecule has 164 valence electrons. The number of hydrogen-bond donors (Lipinski definition) is 0. The minimum Gasteiger partial charge on any atom is -0.378 e. The fourth-order valence-corrected chi connectivity index (χ4v) is 4.68. The molecule has 31 heavy (non-hydrogen) atoms. The molecule has 0 saturated carbocycles. The number of ether oxygens (including phenoxy) is 1.